The predicted octanol–water partition coefficient (Wildman–Crippen LogP) is 3.41. The van der Waals surface area contributed by atoms with Gasteiger partial charge in [-0.25, -0.2) is 4.79 Å². The van der Waals surface area contributed by atoms with Crippen molar-refractivity contribution in [1.82, 2.24) is 5.32 Å². The lowest BCUT2D eigenvalue weighted by Crippen LogP contribution is -2.40. The van der Waals surface area contributed by atoms with Gasteiger partial charge in [-0.1, -0.05) is 29.8 Å². The summed E-state index contributed by atoms with van der Waals surface area (Å²) in [5.74, 6) is 0.152. The molecule has 0 aliphatic carbocycles. The summed E-state index contributed by atoms with van der Waals surface area (Å²) >= 11 is 0. The van der Waals surface area contributed by atoms with Crippen LogP contribution in [0.1, 0.15) is 31.9 Å². The molecule has 0 spiro atoms. The normalized spacial score (nSPS) is 12.2. The summed E-state index contributed by atoms with van der Waals surface area (Å²) in [5.41, 5.74) is 0.969. The Balaban J connectivity index is 0.00000151. The number of ether oxygens (including phenoxy) is 2. The monoisotopic (exact) mass is 453 g/mol. The van der Waals surface area contributed by atoms with E-state index in [0.717, 1.165) is 5.56 Å². The Labute approximate surface area is 184 Å². The number of benzene rings is 2. The van der Waals surface area contributed by atoms with Gasteiger partial charge in [-0.05, 0) is 57.5 Å². The average molecular weight is 454 g/mol. The zero-order valence-electron chi connectivity index (χ0n) is 18.7. The molecule has 2 aromatic rings. The maximum Gasteiger partial charge on any atom is 0.409 e. The van der Waals surface area contributed by atoms with Crippen LogP contribution in [0.3, 0.4) is 0 Å². The molecule has 172 valence electrons. The van der Waals surface area contributed by atoms with Crippen LogP contribution in [0.5, 0.6) is 5.75 Å². The summed E-state index contributed by atoms with van der Waals surface area (Å²) < 4.78 is 39.0. The SMILES string of the molecule is COC.Cc1ccc(S(=O)(=O)Oc2ccc(CC(O)NC(=O)OC(C)(C)C)cc2)cc1. The molecule has 8 nitrogen and oxygen atoms in total. The Morgan fingerprint density at radius 2 is 1.55 bits per heavy atom. The maximum absolute atomic E-state index is 12.3. The quantitative estimate of drug-likeness (QED) is 0.509. The fraction of sp³-hybridized carbons (Fsp3) is 0.409. The molecule has 1 unspecified atom stereocenters. The fourth-order valence-electron chi connectivity index (χ4n) is 2.28. The number of alkyl carbamates (subject to hydrolysis) is 1. The van der Waals surface area contributed by atoms with Crippen molar-refractivity contribution >= 4 is 16.2 Å². The molecule has 2 rings (SSSR count). The summed E-state index contributed by atoms with van der Waals surface area (Å²) in [5, 5.41) is 12.3. The van der Waals surface area contributed by atoms with Crippen molar-refractivity contribution in [3.05, 3.63) is 59.7 Å². The third kappa shape index (κ3) is 10.3. The van der Waals surface area contributed by atoms with E-state index < -0.39 is 28.0 Å². The minimum atomic E-state index is -3.92. The van der Waals surface area contributed by atoms with E-state index in [0.29, 0.717) is 5.56 Å². The van der Waals surface area contributed by atoms with E-state index in [1.54, 1.807) is 59.3 Å². The molecule has 0 aliphatic rings. The molecule has 0 saturated carbocycles. The number of amides is 1. The van der Waals surface area contributed by atoms with Crippen LogP contribution in [0.2, 0.25) is 0 Å². The molecule has 31 heavy (non-hydrogen) atoms. The van der Waals surface area contributed by atoms with Crippen molar-refractivity contribution in [1.29, 1.82) is 0 Å². The van der Waals surface area contributed by atoms with E-state index >= 15 is 0 Å². The number of carbonyl (C=O) groups is 1. The van der Waals surface area contributed by atoms with Crippen LogP contribution < -0.4 is 9.50 Å². The van der Waals surface area contributed by atoms with Crippen molar-refractivity contribution in [3.63, 3.8) is 0 Å². The summed E-state index contributed by atoms with van der Waals surface area (Å²) in [7, 11) is -0.672. The second-order valence-corrected chi connectivity index (χ2v) is 9.32. The molecular formula is C22H31NO7S. The van der Waals surface area contributed by atoms with Gasteiger partial charge in [0.2, 0.25) is 0 Å². The number of aryl methyl sites for hydroxylation is 1. The van der Waals surface area contributed by atoms with Crippen LogP contribution in [0, 0.1) is 6.92 Å². The first-order valence-electron chi connectivity index (χ1n) is 9.54. The van der Waals surface area contributed by atoms with Gasteiger partial charge in [0.25, 0.3) is 0 Å². The zero-order valence-corrected chi connectivity index (χ0v) is 19.5. The highest BCUT2D eigenvalue weighted by molar-refractivity contribution is 7.87. The molecular weight excluding hydrogens is 422 g/mol. The highest BCUT2D eigenvalue weighted by atomic mass is 32.2. The first kappa shape index (κ1) is 26.4. The van der Waals surface area contributed by atoms with E-state index in [4.69, 9.17) is 8.92 Å². The van der Waals surface area contributed by atoms with Crippen molar-refractivity contribution < 1.29 is 32.0 Å². The van der Waals surface area contributed by atoms with Crippen molar-refractivity contribution in [2.24, 2.45) is 0 Å². The van der Waals surface area contributed by atoms with Gasteiger partial charge in [0.1, 0.15) is 22.5 Å². The topological polar surface area (TPSA) is 111 Å². The van der Waals surface area contributed by atoms with E-state index in [1.807, 2.05) is 6.92 Å². The van der Waals surface area contributed by atoms with E-state index in [9.17, 15) is 18.3 Å². The smallest absolute Gasteiger partial charge is 0.409 e. The predicted molar refractivity (Wildman–Crippen MR) is 117 cm³/mol. The molecule has 0 aliphatic heterocycles. The number of hydrogen-bond donors (Lipinski definition) is 2. The lowest BCUT2D eigenvalue weighted by molar-refractivity contribution is 0.0359. The number of carbonyl (C=O) groups excluding carboxylic acids is 1. The average Bonchev–Trinajstić information content (AvgIpc) is 2.62. The Morgan fingerprint density at radius 1 is 1.03 bits per heavy atom. The molecule has 2 aromatic carbocycles. The standard InChI is InChI=1S/C20H25NO6S.C2H6O/c1-14-5-11-17(12-6-14)28(24,25)27-16-9-7-15(8-10-16)13-18(22)21-19(23)26-20(2,3)4;1-3-2/h5-12,18,22H,13H2,1-4H3,(H,21,23);1-2H3. The van der Waals surface area contributed by atoms with E-state index in [2.05, 4.69) is 10.1 Å². The second kappa shape index (κ2) is 11.7. The molecule has 0 aromatic heterocycles. The van der Waals surface area contributed by atoms with Gasteiger partial charge in [0.15, 0.2) is 0 Å². The van der Waals surface area contributed by atoms with E-state index in [-0.39, 0.29) is 17.1 Å². The zero-order chi connectivity index (χ0) is 23.7. The van der Waals surface area contributed by atoms with Crippen LogP contribution in [0.4, 0.5) is 4.79 Å². The van der Waals surface area contributed by atoms with E-state index in [1.165, 1.54) is 24.3 Å². The third-order valence-electron chi connectivity index (χ3n) is 3.55. The summed E-state index contributed by atoms with van der Waals surface area (Å²) in [6.45, 7) is 7.04. The van der Waals surface area contributed by atoms with Gasteiger partial charge < -0.3 is 18.8 Å². The minimum Gasteiger partial charge on any atom is -0.444 e. The molecule has 0 saturated heterocycles. The first-order valence-corrected chi connectivity index (χ1v) is 10.9. The minimum absolute atomic E-state index is 0.0687. The second-order valence-electron chi connectivity index (χ2n) is 7.77. The summed E-state index contributed by atoms with van der Waals surface area (Å²) in [6, 6.07) is 12.6. The van der Waals surface area contributed by atoms with Crippen molar-refractivity contribution in [3.8, 4) is 5.75 Å². The lowest BCUT2D eigenvalue weighted by Gasteiger charge is -2.21. The van der Waals surface area contributed by atoms with Crippen LogP contribution in [0.25, 0.3) is 0 Å². The Morgan fingerprint density at radius 3 is 2.03 bits per heavy atom. The Bertz CT molecular complexity index is 918. The number of rotatable bonds is 6. The lowest BCUT2D eigenvalue weighted by atomic mass is 10.1. The summed E-state index contributed by atoms with van der Waals surface area (Å²) in [4.78, 5) is 11.7. The number of aliphatic hydroxyl groups excluding tert-OH is 1. The molecule has 0 fully saturated rings. The highest BCUT2D eigenvalue weighted by Gasteiger charge is 2.19. The van der Waals surface area contributed by atoms with Crippen LogP contribution in [-0.2, 0) is 26.0 Å². The molecule has 2 N–H and O–H groups in total. The number of methoxy groups -OCH3 is 1. The van der Waals surface area contributed by atoms with Crippen LogP contribution in [0.15, 0.2) is 53.4 Å². The highest BCUT2D eigenvalue weighted by Crippen LogP contribution is 2.20. The van der Waals surface area contributed by atoms with Crippen LogP contribution in [-0.4, -0.2) is 45.7 Å². The molecule has 1 atom stereocenters. The van der Waals surface area contributed by atoms with Crippen molar-refractivity contribution in [2.75, 3.05) is 14.2 Å². The number of aliphatic hydroxyl groups is 1. The number of nitrogens with one attached hydrogen (secondary N) is 1. The van der Waals surface area contributed by atoms with Crippen molar-refractivity contribution in [2.45, 2.75) is 50.8 Å². The Hall–Kier alpha value is -2.62. The summed E-state index contributed by atoms with van der Waals surface area (Å²) in [6.07, 6.45) is -1.73. The van der Waals surface area contributed by atoms with Gasteiger partial charge in [0, 0.05) is 20.6 Å². The molecule has 9 heteroatoms. The fourth-order valence-corrected chi connectivity index (χ4v) is 3.21. The molecule has 0 heterocycles. The van der Waals surface area contributed by atoms with Gasteiger partial charge in [-0.15, -0.1) is 0 Å². The van der Waals surface area contributed by atoms with Gasteiger partial charge in [0.05, 0.1) is 0 Å². The van der Waals surface area contributed by atoms with Gasteiger partial charge in [-0.3, -0.25) is 5.32 Å². The van der Waals surface area contributed by atoms with Crippen LogP contribution >= 0.6 is 0 Å². The largest absolute Gasteiger partial charge is 0.444 e. The maximum atomic E-state index is 12.3. The Kier molecular flexibility index (Phi) is 9.96. The first-order chi connectivity index (χ1) is 14.4. The molecule has 1 amide bonds. The van der Waals surface area contributed by atoms with Gasteiger partial charge in [-0.2, -0.15) is 8.42 Å². The third-order valence-corrected chi connectivity index (χ3v) is 4.81. The van der Waals surface area contributed by atoms with Gasteiger partial charge >= 0.3 is 16.2 Å². The molecule has 0 radical (unpaired) electrons. The number of hydrogen-bond acceptors (Lipinski definition) is 7. The molecule has 0 bridgehead atoms.